The van der Waals surface area contributed by atoms with E-state index in [0.29, 0.717) is 6.54 Å². The van der Waals surface area contributed by atoms with Gasteiger partial charge in [0.15, 0.2) is 5.78 Å². The van der Waals surface area contributed by atoms with Crippen LogP contribution in [0.4, 0.5) is 4.39 Å². The summed E-state index contributed by atoms with van der Waals surface area (Å²) in [5.41, 5.74) is 2.88. The zero-order valence-corrected chi connectivity index (χ0v) is 15.7. The number of nitrogens with zero attached hydrogens (tertiary/aromatic N) is 1. The van der Waals surface area contributed by atoms with E-state index in [2.05, 4.69) is 32.3 Å². The Morgan fingerprint density at radius 3 is 2.23 bits per heavy atom. The first-order valence-electron chi connectivity index (χ1n) is 9.10. The van der Waals surface area contributed by atoms with Gasteiger partial charge >= 0.3 is 0 Å². The fourth-order valence-electron chi connectivity index (χ4n) is 4.37. The molecule has 1 aliphatic rings. The average molecular weight is 349 g/mol. The quantitative estimate of drug-likeness (QED) is 0.554. The molecule has 0 aliphatic heterocycles. The first kappa shape index (κ1) is 17.0. The summed E-state index contributed by atoms with van der Waals surface area (Å²) in [5, 5.41) is 0.998. The Hall–Kier alpha value is -2.42. The van der Waals surface area contributed by atoms with E-state index < -0.39 is 0 Å². The van der Waals surface area contributed by atoms with Crippen molar-refractivity contribution >= 4 is 16.7 Å². The molecule has 0 N–H and O–H groups in total. The van der Waals surface area contributed by atoms with Crippen molar-refractivity contribution in [3.63, 3.8) is 0 Å². The minimum atomic E-state index is -0.236. The van der Waals surface area contributed by atoms with E-state index in [1.165, 1.54) is 12.1 Å². The SMILES string of the molecule is CC1(C)C(C(=O)c2cn(Cc3ccc(F)cc3)c3ccccc23)C1(C)C. The number of benzene rings is 2. The van der Waals surface area contributed by atoms with Gasteiger partial charge in [-0.15, -0.1) is 0 Å². The van der Waals surface area contributed by atoms with Gasteiger partial charge in [0, 0.05) is 35.1 Å². The highest BCUT2D eigenvalue weighted by molar-refractivity contribution is 6.11. The van der Waals surface area contributed by atoms with Crippen LogP contribution in [0.15, 0.2) is 54.7 Å². The van der Waals surface area contributed by atoms with Crippen LogP contribution in [-0.2, 0) is 6.54 Å². The molecule has 0 unspecified atom stereocenters. The number of hydrogen-bond donors (Lipinski definition) is 0. The number of halogens is 1. The molecule has 26 heavy (non-hydrogen) atoms. The Balaban J connectivity index is 1.75. The highest BCUT2D eigenvalue weighted by Gasteiger charge is 2.68. The standard InChI is InChI=1S/C23H24FNO/c1-22(2)21(23(22,3)4)20(26)18-14-25(19-8-6-5-7-17(18)19)13-15-9-11-16(24)12-10-15/h5-12,14,21H,13H2,1-4H3. The average Bonchev–Trinajstić information content (AvgIpc) is 2.88. The largest absolute Gasteiger partial charge is 0.342 e. The zero-order chi connectivity index (χ0) is 18.7. The number of fused-ring (bicyclic) bond motifs is 1. The lowest BCUT2D eigenvalue weighted by atomic mass is 10.0. The summed E-state index contributed by atoms with van der Waals surface area (Å²) in [6.07, 6.45) is 1.97. The fraction of sp³-hybridized carbons (Fsp3) is 0.348. The van der Waals surface area contributed by atoms with E-state index in [9.17, 15) is 9.18 Å². The molecule has 2 nitrogen and oxygen atoms in total. The minimum absolute atomic E-state index is 0.0181. The number of carbonyl (C=O) groups excluding carboxylic acids is 1. The molecule has 0 amide bonds. The van der Waals surface area contributed by atoms with Gasteiger partial charge in [-0.2, -0.15) is 0 Å². The van der Waals surface area contributed by atoms with Crippen LogP contribution in [-0.4, -0.2) is 10.4 Å². The smallest absolute Gasteiger partial charge is 0.169 e. The van der Waals surface area contributed by atoms with Gasteiger partial charge in [-0.25, -0.2) is 4.39 Å². The molecule has 1 saturated carbocycles. The lowest BCUT2D eigenvalue weighted by Crippen LogP contribution is -2.07. The van der Waals surface area contributed by atoms with Crippen LogP contribution < -0.4 is 0 Å². The number of hydrogen-bond acceptors (Lipinski definition) is 1. The number of ketones is 1. The predicted molar refractivity (Wildman–Crippen MR) is 103 cm³/mol. The minimum Gasteiger partial charge on any atom is -0.342 e. The second-order valence-corrected chi connectivity index (χ2v) is 8.55. The molecular weight excluding hydrogens is 325 g/mol. The molecule has 3 heteroatoms. The summed E-state index contributed by atoms with van der Waals surface area (Å²) in [5.74, 6) is 0.0364. The Bertz CT molecular complexity index is 981. The molecule has 0 bridgehead atoms. The van der Waals surface area contributed by atoms with Crippen molar-refractivity contribution in [1.29, 1.82) is 0 Å². The maximum atomic E-state index is 13.3. The molecule has 134 valence electrons. The molecule has 0 spiro atoms. The lowest BCUT2D eigenvalue weighted by molar-refractivity contribution is 0.0946. The van der Waals surface area contributed by atoms with Crippen molar-refractivity contribution < 1.29 is 9.18 Å². The number of carbonyl (C=O) groups is 1. The Morgan fingerprint density at radius 2 is 1.62 bits per heavy atom. The fourth-order valence-corrected chi connectivity index (χ4v) is 4.37. The van der Waals surface area contributed by atoms with E-state index in [1.54, 1.807) is 12.1 Å². The van der Waals surface area contributed by atoms with Gasteiger partial charge in [0.2, 0.25) is 0 Å². The van der Waals surface area contributed by atoms with Gasteiger partial charge in [0.05, 0.1) is 0 Å². The van der Waals surface area contributed by atoms with Crippen LogP contribution >= 0.6 is 0 Å². The lowest BCUT2D eigenvalue weighted by Gasteiger charge is -2.05. The molecule has 0 atom stereocenters. The number of aromatic nitrogens is 1. The van der Waals surface area contributed by atoms with E-state index in [0.717, 1.165) is 22.0 Å². The maximum Gasteiger partial charge on any atom is 0.169 e. The molecule has 1 heterocycles. The first-order valence-corrected chi connectivity index (χ1v) is 9.10. The van der Waals surface area contributed by atoms with Crippen molar-refractivity contribution in [2.75, 3.05) is 0 Å². The van der Waals surface area contributed by atoms with Crippen LogP contribution in [0.1, 0.15) is 43.6 Å². The third-order valence-electron chi connectivity index (χ3n) is 6.60. The van der Waals surface area contributed by atoms with Crippen LogP contribution in [0.3, 0.4) is 0 Å². The molecule has 4 rings (SSSR count). The third-order valence-corrected chi connectivity index (χ3v) is 6.60. The van der Waals surface area contributed by atoms with Crippen LogP contribution in [0.5, 0.6) is 0 Å². The Morgan fingerprint density at radius 1 is 1.00 bits per heavy atom. The molecule has 2 aromatic carbocycles. The monoisotopic (exact) mass is 349 g/mol. The van der Waals surface area contributed by atoms with Gasteiger partial charge in [0.1, 0.15) is 5.82 Å². The second-order valence-electron chi connectivity index (χ2n) is 8.55. The van der Waals surface area contributed by atoms with Crippen LogP contribution in [0, 0.1) is 22.6 Å². The van der Waals surface area contributed by atoms with Crippen LogP contribution in [0.2, 0.25) is 0 Å². The molecular formula is C23H24FNO. The number of Topliss-reactive ketones (excluding diaryl/α,β-unsaturated/α-hetero) is 1. The third kappa shape index (κ3) is 2.41. The summed E-state index contributed by atoms with van der Waals surface area (Å²) in [6, 6.07) is 14.6. The highest BCUT2D eigenvalue weighted by Crippen LogP contribution is 2.69. The first-order chi connectivity index (χ1) is 12.2. The number of rotatable bonds is 4. The van der Waals surface area contributed by atoms with E-state index in [4.69, 9.17) is 0 Å². The normalized spacial score (nSPS) is 18.2. The summed E-state index contributed by atoms with van der Waals surface area (Å²) < 4.78 is 15.3. The summed E-state index contributed by atoms with van der Waals surface area (Å²) >= 11 is 0. The maximum absolute atomic E-state index is 13.3. The molecule has 0 saturated heterocycles. The van der Waals surface area contributed by atoms with Crippen molar-refractivity contribution in [3.8, 4) is 0 Å². The van der Waals surface area contributed by atoms with E-state index >= 15 is 0 Å². The molecule has 0 radical (unpaired) electrons. The molecule has 3 aromatic rings. The summed E-state index contributed by atoms with van der Waals surface area (Å²) in [7, 11) is 0. The number of para-hydroxylation sites is 1. The van der Waals surface area contributed by atoms with Gasteiger partial charge in [-0.1, -0.05) is 58.0 Å². The second kappa shape index (κ2) is 5.54. The highest BCUT2D eigenvalue weighted by atomic mass is 19.1. The summed E-state index contributed by atoms with van der Waals surface area (Å²) in [6.45, 7) is 9.31. The zero-order valence-electron chi connectivity index (χ0n) is 15.7. The van der Waals surface area contributed by atoms with Gasteiger partial charge in [0.25, 0.3) is 0 Å². The van der Waals surface area contributed by atoms with Gasteiger partial charge in [-0.3, -0.25) is 4.79 Å². The molecule has 1 fully saturated rings. The topological polar surface area (TPSA) is 22.0 Å². The summed E-state index contributed by atoms with van der Waals surface area (Å²) in [4.78, 5) is 13.3. The van der Waals surface area contributed by atoms with Gasteiger partial charge in [-0.05, 0) is 34.6 Å². The van der Waals surface area contributed by atoms with Crippen molar-refractivity contribution in [3.05, 3.63) is 71.7 Å². The Labute approximate surface area is 153 Å². The van der Waals surface area contributed by atoms with Crippen LogP contribution in [0.25, 0.3) is 10.9 Å². The molecule has 1 aliphatic carbocycles. The van der Waals surface area contributed by atoms with E-state index in [1.807, 2.05) is 30.5 Å². The van der Waals surface area contributed by atoms with Crippen molar-refractivity contribution in [2.45, 2.75) is 34.2 Å². The molecule has 1 aromatic heterocycles. The Kier molecular flexibility index (Phi) is 3.62. The van der Waals surface area contributed by atoms with Gasteiger partial charge < -0.3 is 4.57 Å². The van der Waals surface area contributed by atoms with E-state index in [-0.39, 0.29) is 28.3 Å². The predicted octanol–water partition coefficient (Wildman–Crippen LogP) is 5.69. The van der Waals surface area contributed by atoms with Crippen molar-refractivity contribution in [2.24, 2.45) is 16.7 Å². The van der Waals surface area contributed by atoms with Crippen molar-refractivity contribution in [1.82, 2.24) is 4.57 Å².